The summed E-state index contributed by atoms with van der Waals surface area (Å²) in [6.45, 7) is 4.00. The molecule has 0 spiro atoms. The number of hydrogen-bond acceptors (Lipinski definition) is 5. The van der Waals surface area contributed by atoms with E-state index in [-0.39, 0.29) is 23.8 Å². The lowest BCUT2D eigenvalue weighted by atomic mass is 9.74. The molecule has 0 saturated carbocycles. The van der Waals surface area contributed by atoms with Gasteiger partial charge in [0.2, 0.25) is 5.88 Å². The van der Waals surface area contributed by atoms with Gasteiger partial charge in [-0.2, -0.15) is 5.10 Å². The lowest BCUT2D eigenvalue weighted by Gasteiger charge is -2.30. The largest absolute Gasteiger partial charge is 0.493 e. The molecule has 0 amide bonds. The number of carbonyl (C=O) groups excluding carboxylic acids is 1. The fourth-order valence-electron chi connectivity index (χ4n) is 5.26. The van der Waals surface area contributed by atoms with Crippen molar-refractivity contribution in [3.63, 3.8) is 0 Å². The van der Waals surface area contributed by atoms with Crippen LogP contribution < -0.4 is 10.4 Å². The van der Waals surface area contributed by atoms with Crippen LogP contribution in [0, 0.1) is 12.8 Å². The first-order valence-electron chi connectivity index (χ1n) is 11.6. The maximum absolute atomic E-state index is 12.6. The van der Waals surface area contributed by atoms with Gasteiger partial charge in [-0.15, -0.1) is 0 Å². The maximum atomic E-state index is 12.6. The van der Waals surface area contributed by atoms with Crippen molar-refractivity contribution in [1.82, 2.24) is 15.2 Å². The molecule has 1 aromatic heterocycles. The van der Waals surface area contributed by atoms with Crippen LogP contribution in [0.1, 0.15) is 29.7 Å². The fourth-order valence-corrected chi connectivity index (χ4v) is 5.73. The second-order valence-corrected chi connectivity index (χ2v) is 9.76. The quantitative estimate of drug-likeness (QED) is 0.327. The summed E-state index contributed by atoms with van der Waals surface area (Å²) in [6.07, 6.45) is 1.00. The predicted molar refractivity (Wildman–Crippen MR) is 141 cm³/mol. The number of anilines is 1. The number of nitrogens with one attached hydrogen (secondary N) is 1. The van der Waals surface area contributed by atoms with Crippen LogP contribution in [0.5, 0.6) is 5.88 Å². The highest BCUT2D eigenvalue weighted by Gasteiger charge is 2.47. The summed E-state index contributed by atoms with van der Waals surface area (Å²) >= 11 is 3.63. The third kappa shape index (κ3) is 4.15. The van der Waals surface area contributed by atoms with E-state index in [0.717, 1.165) is 39.0 Å². The van der Waals surface area contributed by atoms with E-state index in [1.807, 2.05) is 84.7 Å². The highest BCUT2D eigenvalue weighted by atomic mass is 79.9. The summed E-state index contributed by atoms with van der Waals surface area (Å²) in [4.78, 5) is 12.6. The first kappa shape index (κ1) is 23.3. The number of halogens is 1. The van der Waals surface area contributed by atoms with Gasteiger partial charge in [-0.05, 0) is 59.6 Å². The molecule has 35 heavy (non-hydrogen) atoms. The Hall–Kier alpha value is -3.42. The van der Waals surface area contributed by atoms with Gasteiger partial charge >= 0.3 is 0 Å². The Bertz CT molecular complexity index is 1330. The van der Waals surface area contributed by atoms with Crippen LogP contribution in [-0.2, 0) is 4.79 Å². The Morgan fingerprint density at radius 3 is 2.29 bits per heavy atom. The minimum atomic E-state index is -0.465. The lowest BCUT2D eigenvalue weighted by Crippen LogP contribution is -2.40. The van der Waals surface area contributed by atoms with Crippen molar-refractivity contribution in [2.24, 2.45) is 5.92 Å². The number of benzene rings is 3. The molecule has 0 bridgehead atoms. The molecule has 1 saturated heterocycles. The lowest BCUT2D eigenvalue weighted by molar-refractivity contribution is -0.109. The van der Waals surface area contributed by atoms with E-state index in [1.165, 1.54) is 0 Å². The summed E-state index contributed by atoms with van der Waals surface area (Å²) in [5, 5.41) is 18.1. The molecule has 1 aliphatic rings. The SMILES string of the molecule is Cc1nn(-c2ccccc2)c(O)c1C(c1ccccc1)C1C(C)NN(c2ccccc2Br)C1C=O. The van der Waals surface area contributed by atoms with Crippen LogP contribution in [0.2, 0.25) is 0 Å². The van der Waals surface area contributed by atoms with Crippen LogP contribution in [-0.4, -0.2) is 33.3 Å². The van der Waals surface area contributed by atoms with Crippen molar-refractivity contribution in [3.8, 4) is 11.6 Å². The molecule has 178 valence electrons. The summed E-state index contributed by atoms with van der Waals surface area (Å²) in [6, 6.07) is 27.0. The zero-order valence-electron chi connectivity index (χ0n) is 19.5. The second-order valence-electron chi connectivity index (χ2n) is 8.90. The molecule has 7 heteroatoms. The zero-order valence-corrected chi connectivity index (χ0v) is 21.1. The molecule has 0 radical (unpaired) electrons. The van der Waals surface area contributed by atoms with Gasteiger partial charge in [-0.3, -0.25) is 5.01 Å². The number of aldehydes is 1. The summed E-state index contributed by atoms with van der Waals surface area (Å²) in [7, 11) is 0. The molecule has 2 heterocycles. The number of hydrogen-bond donors (Lipinski definition) is 2. The van der Waals surface area contributed by atoms with Crippen LogP contribution >= 0.6 is 15.9 Å². The van der Waals surface area contributed by atoms with Crippen molar-refractivity contribution >= 4 is 27.9 Å². The molecular weight excluding hydrogens is 504 g/mol. The average Bonchev–Trinajstić information content (AvgIpc) is 3.37. The molecule has 1 aliphatic heterocycles. The minimum Gasteiger partial charge on any atom is -0.493 e. The molecule has 4 atom stereocenters. The Labute approximate surface area is 213 Å². The fraction of sp³-hybridized carbons (Fsp3) is 0.214. The zero-order chi connectivity index (χ0) is 24.5. The van der Waals surface area contributed by atoms with Crippen LogP contribution in [0.4, 0.5) is 5.69 Å². The predicted octanol–water partition coefficient (Wildman–Crippen LogP) is 5.38. The molecule has 5 rings (SSSR count). The van der Waals surface area contributed by atoms with E-state index < -0.39 is 6.04 Å². The number of aromatic nitrogens is 2. The third-order valence-electron chi connectivity index (χ3n) is 6.80. The molecule has 4 aromatic rings. The normalized spacial score (nSPS) is 20.7. The number of rotatable bonds is 6. The third-order valence-corrected chi connectivity index (χ3v) is 7.47. The Morgan fingerprint density at radius 1 is 1.00 bits per heavy atom. The van der Waals surface area contributed by atoms with Crippen LogP contribution in [0.3, 0.4) is 0 Å². The highest BCUT2D eigenvalue weighted by molar-refractivity contribution is 9.10. The van der Waals surface area contributed by atoms with Gasteiger partial charge < -0.3 is 9.90 Å². The van der Waals surface area contributed by atoms with E-state index in [2.05, 4.69) is 40.4 Å². The van der Waals surface area contributed by atoms with E-state index in [9.17, 15) is 9.90 Å². The van der Waals surface area contributed by atoms with Crippen molar-refractivity contribution in [2.75, 3.05) is 5.01 Å². The standard InChI is InChI=1S/C28H27BrN4O2/c1-18-25(24(17-34)33(31-18)23-16-10-9-15-22(23)29)27(20-11-5-3-6-12-20)26-19(2)30-32(28(26)35)21-13-7-4-8-14-21/h3-18,24-25,27,31,35H,1-2H3. The Kier molecular flexibility index (Phi) is 6.45. The van der Waals surface area contributed by atoms with Crippen molar-refractivity contribution < 1.29 is 9.90 Å². The van der Waals surface area contributed by atoms with Gasteiger partial charge in [0.25, 0.3) is 0 Å². The second kappa shape index (κ2) is 9.68. The Balaban J connectivity index is 1.66. The van der Waals surface area contributed by atoms with E-state index in [4.69, 9.17) is 5.10 Å². The van der Waals surface area contributed by atoms with Crippen LogP contribution in [0.25, 0.3) is 5.69 Å². The van der Waals surface area contributed by atoms with Crippen LogP contribution in [0.15, 0.2) is 89.4 Å². The van der Waals surface area contributed by atoms with E-state index in [1.54, 1.807) is 4.68 Å². The van der Waals surface area contributed by atoms with Gasteiger partial charge in [0.1, 0.15) is 12.3 Å². The number of carbonyl (C=O) groups is 1. The minimum absolute atomic E-state index is 0.0543. The molecule has 2 N–H and O–H groups in total. The number of hydrazine groups is 1. The van der Waals surface area contributed by atoms with Crippen molar-refractivity contribution in [1.29, 1.82) is 0 Å². The molecular formula is C28H27BrN4O2. The van der Waals surface area contributed by atoms with Gasteiger partial charge in [-0.25, -0.2) is 10.1 Å². The van der Waals surface area contributed by atoms with Gasteiger partial charge in [-0.1, -0.05) is 60.7 Å². The van der Waals surface area contributed by atoms with Gasteiger partial charge in [0, 0.05) is 27.9 Å². The number of nitrogens with zero attached hydrogens (tertiary/aromatic N) is 3. The summed E-state index contributed by atoms with van der Waals surface area (Å²) < 4.78 is 2.48. The first-order chi connectivity index (χ1) is 17.0. The first-order valence-corrected chi connectivity index (χ1v) is 12.4. The monoisotopic (exact) mass is 530 g/mol. The summed E-state index contributed by atoms with van der Waals surface area (Å²) in [5.74, 6) is -0.336. The van der Waals surface area contributed by atoms with E-state index in [0.29, 0.717) is 0 Å². The average molecular weight is 531 g/mol. The molecule has 3 aromatic carbocycles. The molecule has 4 unspecified atom stereocenters. The number of aryl methyl sites for hydroxylation is 1. The molecule has 0 aliphatic carbocycles. The van der Waals surface area contributed by atoms with E-state index >= 15 is 0 Å². The van der Waals surface area contributed by atoms with Crippen molar-refractivity contribution in [2.45, 2.75) is 31.8 Å². The highest BCUT2D eigenvalue weighted by Crippen LogP contribution is 2.46. The summed E-state index contributed by atoms with van der Waals surface area (Å²) in [5.41, 5.74) is 7.70. The maximum Gasteiger partial charge on any atom is 0.218 e. The van der Waals surface area contributed by atoms with Gasteiger partial charge in [0.05, 0.1) is 17.1 Å². The molecule has 1 fully saturated rings. The topological polar surface area (TPSA) is 70.4 Å². The number of para-hydroxylation sites is 2. The van der Waals surface area contributed by atoms with Gasteiger partial charge in [0.15, 0.2) is 0 Å². The number of aromatic hydroxyl groups is 1. The molecule has 6 nitrogen and oxygen atoms in total. The Morgan fingerprint density at radius 2 is 1.63 bits per heavy atom. The van der Waals surface area contributed by atoms with Crippen molar-refractivity contribution in [3.05, 3.63) is 106 Å². The smallest absolute Gasteiger partial charge is 0.218 e.